The first kappa shape index (κ1) is 20.6. The number of carbonyl (C=O) groups is 2. The molecule has 2 N–H and O–H groups in total. The minimum Gasteiger partial charge on any atom is -0.465 e. The molecule has 8 heteroatoms. The maximum absolute atomic E-state index is 11.2. The van der Waals surface area contributed by atoms with Crippen LogP contribution in [0.5, 0.6) is 0 Å². The van der Waals surface area contributed by atoms with Crippen molar-refractivity contribution in [3.8, 4) is 0 Å². The molecule has 0 spiro atoms. The van der Waals surface area contributed by atoms with E-state index in [1.54, 1.807) is 25.1 Å². The molecular formula is C18H20N2O6. The van der Waals surface area contributed by atoms with Gasteiger partial charge in [-0.05, 0) is 37.6 Å². The highest BCUT2D eigenvalue weighted by atomic mass is 16.6. The summed E-state index contributed by atoms with van der Waals surface area (Å²) in [4.78, 5) is 32.3. The number of hydrogen-bond donors (Lipinski definition) is 1. The Morgan fingerprint density at radius 2 is 1.38 bits per heavy atom. The number of carbonyl (C=O) groups excluding carboxylic acids is 2. The number of nitro benzene ring substituents is 1. The maximum Gasteiger partial charge on any atom is 0.338 e. The van der Waals surface area contributed by atoms with Crippen LogP contribution >= 0.6 is 0 Å². The summed E-state index contributed by atoms with van der Waals surface area (Å²) in [6.07, 6.45) is 0. The van der Waals surface area contributed by atoms with Gasteiger partial charge in [0.25, 0.3) is 5.69 Å². The second-order valence-corrected chi connectivity index (χ2v) is 5.21. The summed E-state index contributed by atoms with van der Waals surface area (Å²) < 4.78 is 9.07. The third-order valence-electron chi connectivity index (χ3n) is 3.69. The monoisotopic (exact) mass is 360 g/mol. The number of hydrogen-bond acceptors (Lipinski definition) is 7. The quantitative estimate of drug-likeness (QED) is 0.386. The fraction of sp³-hybridized carbons (Fsp3) is 0.222. The summed E-state index contributed by atoms with van der Waals surface area (Å²) in [5.41, 5.74) is 7.98. The Bertz CT molecular complexity index is 832. The van der Waals surface area contributed by atoms with Crippen molar-refractivity contribution >= 4 is 23.3 Å². The van der Waals surface area contributed by atoms with Crippen molar-refractivity contribution in [1.82, 2.24) is 0 Å². The third-order valence-corrected chi connectivity index (χ3v) is 3.69. The Hall–Kier alpha value is -3.42. The van der Waals surface area contributed by atoms with Crippen LogP contribution in [0.4, 0.5) is 11.4 Å². The molecule has 0 radical (unpaired) electrons. The Morgan fingerprint density at radius 1 is 0.923 bits per heavy atom. The average Bonchev–Trinajstić information content (AvgIpc) is 2.63. The highest BCUT2D eigenvalue weighted by molar-refractivity contribution is 5.92. The van der Waals surface area contributed by atoms with Crippen molar-refractivity contribution in [1.29, 1.82) is 0 Å². The fourth-order valence-electron chi connectivity index (χ4n) is 2.14. The van der Waals surface area contributed by atoms with Gasteiger partial charge in [-0.1, -0.05) is 12.1 Å². The molecule has 0 saturated carbocycles. The van der Waals surface area contributed by atoms with Crippen molar-refractivity contribution < 1.29 is 24.0 Å². The van der Waals surface area contributed by atoms with Crippen LogP contribution in [0.25, 0.3) is 0 Å². The highest BCUT2D eigenvalue weighted by Gasteiger charge is 2.17. The minimum atomic E-state index is -0.564. The number of methoxy groups -OCH3 is 2. The van der Waals surface area contributed by atoms with Crippen LogP contribution in [0.2, 0.25) is 0 Å². The molecule has 0 saturated heterocycles. The van der Waals surface area contributed by atoms with Crippen LogP contribution in [-0.4, -0.2) is 31.1 Å². The molecule has 0 amide bonds. The Kier molecular flexibility index (Phi) is 7.27. The van der Waals surface area contributed by atoms with Crippen LogP contribution in [0, 0.1) is 24.0 Å². The first-order valence-corrected chi connectivity index (χ1v) is 7.50. The lowest BCUT2D eigenvalue weighted by molar-refractivity contribution is -0.385. The van der Waals surface area contributed by atoms with Crippen LogP contribution < -0.4 is 5.73 Å². The lowest BCUT2D eigenvalue weighted by atomic mass is 10.1. The van der Waals surface area contributed by atoms with E-state index in [4.69, 9.17) is 5.73 Å². The zero-order valence-electron chi connectivity index (χ0n) is 14.9. The summed E-state index contributed by atoms with van der Waals surface area (Å²) in [6, 6.07) is 9.47. The van der Waals surface area contributed by atoms with E-state index >= 15 is 0 Å². The molecule has 0 aliphatic rings. The van der Waals surface area contributed by atoms with Crippen molar-refractivity contribution in [2.45, 2.75) is 13.8 Å². The van der Waals surface area contributed by atoms with E-state index in [0.29, 0.717) is 16.8 Å². The number of nitrogens with zero attached hydrogens (tertiary/aromatic N) is 1. The zero-order valence-corrected chi connectivity index (χ0v) is 14.9. The first-order valence-electron chi connectivity index (χ1n) is 7.50. The molecule has 0 fully saturated rings. The molecule has 0 aliphatic carbocycles. The Labute approximate surface area is 150 Å². The van der Waals surface area contributed by atoms with E-state index < -0.39 is 10.9 Å². The van der Waals surface area contributed by atoms with Gasteiger partial charge in [0.15, 0.2) is 0 Å². The number of nitrogen functional groups attached to an aromatic ring is 1. The third kappa shape index (κ3) is 4.79. The molecule has 0 unspecified atom stereocenters. The van der Waals surface area contributed by atoms with Crippen LogP contribution in [0.3, 0.4) is 0 Å². The van der Waals surface area contributed by atoms with Crippen molar-refractivity contribution in [3.63, 3.8) is 0 Å². The summed E-state index contributed by atoms with van der Waals surface area (Å²) in [5.74, 6) is -0.911. The number of nitro groups is 1. The van der Waals surface area contributed by atoms with Gasteiger partial charge in [-0.15, -0.1) is 0 Å². The van der Waals surface area contributed by atoms with Crippen molar-refractivity contribution in [2.75, 3.05) is 20.0 Å². The molecule has 2 rings (SSSR count). The molecule has 0 aromatic heterocycles. The SMILES string of the molecule is COC(=O)c1cccc(N)c1C.COC(=O)c1cccc([N+](=O)[O-])c1C. The van der Waals surface area contributed by atoms with Gasteiger partial charge in [0.2, 0.25) is 0 Å². The molecule has 26 heavy (non-hydrogen) atoms. The topological polar surface area (TPSA) is 122 Å². The maximum atomic E-state index is 11.2. The standard InChI is InChI=1S/C9H9NO4.C9H11NO2/c1-6-7(9(11)14-2)4-3-5-8(6)10(12)13;1-6-7(9(11)12-2)4-3-5-8(6)10/h3-5H,1-2H3;3-5H,10H2,1-2H3. The predicted molar refractivity (Wildman–Crippen MR) is 96.1 cm³/mol. The summed E-state index contributed by atoms with van der Waals surface area (Å²) in [5, 5.41) is 10.5. The van der Waals surface area contributed by atoms with E-state index in [2.05, 4.69) is 9.47 Å². The Morgan fingerprint density at radius 3 is 1.85 bits per heavy atom. The number of esters is 2. The van der Waals surface area contributed by atoms with Gasteiger partial charge in [-0.2, -0.15) is 0 Å². The molecule has 0 atom stereocenters. The van der Waals surface area contributed by atoms with Crippen molar-refractivity contribution in [3.05, 3.63) is 68.8 Å². The second kappa shape index (κ2) is 9.16. The van der Waals surface area contributed by atoms with E-state index in [1.165, 1.54) is 39.3 Å². The van der Waals surface area contributed by atoms with E-state index in [-0.39, 0.29) is 17.2 Å². The molecule has 2 aromatic rings. The average molecular weight is 360 g/mol. The molecule has 0 aliphatic heterocycles. The number of benzene rings is 2. The summed E-state index contributed by atoms with van der Waals surface area (Å²) in [6.45, 7) is 3.31. The molecule has 0 heterocycles. The molecule has 2 aromatic carbocycles. The summed E-state index contributed by atoms with van der Waals surface area (Å²) in [7, 11) is 2.59. The summed E-state index contributed by atoms with van der Waals surface area (Å²) >= 11 is 0. The van der Waals surface area contributed by atoms with Crippen molar-refractivity contribution in [2.24, 2.45) is 0 Å². The molecule has 0 bridgehead atoms. The van der Waals surface area contributed by atoms with Crippen LogP contribution in [0.15, 0.2) is 36.4 Å². The molecule has 138 valence electrons. The highest BCUT2D eigenvalue weighted by Crippen LogP contribution is 2.21. The second-order valence-electron chi connectivity index (χ2n) is 5.21. The lowest BCUT2D eigenvalue weighted by Gasteiger charge is -2.05. The lowest BCUT2D eigenvalue weighted by Crippen LogP contribution is -2.05. The normalized spacial score (nSPS) is 9.54. The van der Waals surface area contributed by atoms with Gasteiger partial charge in [-0.3, -0.25) is 10.1 Å². The molecular weight excluding hydrogens is 340 g/mol. The van der Waals surface area contributed by atoms with Gasteiger partial charge in [0.1, 0.15) is 0 Å². The van der Waals surface area contributed by atoms with E-state index in [9.17, 15) is 19.7 Å². The van der Waals surface area contributed by atoms with Gasteiger partial charge in [0.05, 0.1) is 30.3 Å². The number of anilines is 1. The van der Waals surface area contributed by atoms with Gasteiger partial charge in [-0.25, -0.2) is 9.59 Å². The predicted octanol–water partition coefficient (Wildman–Crippen LogP) is 3.05. The van der Waals surface area contributed by atoms with E-state index in [0.717, 1.165) is 5.56 Å². The zero-order chi connectivity index (χ0) is 19.9. The van der Waals surface area contributed by atoms with Gasteiger partial charge < -0.3 is 15.2 Å². The smallest absolute Gasteiger partial charge is 0.338 e. The van der Waals surface area contributed by atoms with Crippen LogP contribution in [0.1, 0.15) is 31.8 Å². The first-order chi connectivity index (χ1) is 12.2. The molecule has 8 nitrogen and oxygen atoms in total. The van der Waals surface area contributed by atoms with Gasteiger partial charge >= 0.3 is 11.9 Å². The van der Waals surface area contributed by atoms with Gasteiger partial charge in [0, 0.05) is 17.3 Å². The van der Waals surface area contributed by atoms with Crippen LogP contribution in [-0.2, 0) is 9.47 Å². The minimum absolute atomic E-state index is 0.0760. The number of ether oxygens (including phenoxy) is 2. The van der Waals surface area contributed by atoms with E-state index in [1.807, 2.05) is 0 Å². The number of nitrogens with two attached hydrogens (primary N) is 1. The Balaban J connectivity index is 0.000000263. The largest absolute Gasteiger partial charge is 0.465 e. The fourth-order valence-corrected chi connectivity index (χ4v) is 2.14. The number of rotatable bonds is 3.